The molecule has 4 rings (SSSR count). The molecule has 0 saturated heterocycles. The number of aromatic nitrogens is 1. The zero-order valence-electron chi connectivity index (χ0n) is 14.7. The minimum absolute atomic E-state index is 0.0842. The summed E-state index contributed by atoms with van der Waals surface area (Å²) in [6.07, 6.45) is 1.23. The zero-order valence-corrected chi connectivity index (χ0v) is 17.1. The lowest BCUT2D eigenvalue weighted by Gasteiger charge is -2.20. The van der Waals surface area contributed by atoms with Gasteiger partial charge in [0.25, 0.3) is 0 Å². The van der Waals surface area contributed by atoms with Gasteiger partial charge in [0.1, 0.15) is 13.2 Å². The highest BCUT2D eigenvalue weighted by Crippen LogP contribution is 2.38. The normalized spacial score (nSPS) is 13.5. The van der Waals surface area contributed by atoms with Crippen molar-refractivity contribution in [3.63, 3.8) is 0 Å². The number of halogens is 1. The molecule has 0 radical (unpaired) electrons. The number of sulfone groups is 1. The van der Waals surface area contributed by atoms with Gasteiger partial charge in [0, 0.05) is 6.26 Å². The number of carbonyl (C=O) groups excluding carboxylic acids is 1. The Hall–Kier alpha value is -2.36. The van der Waals surface area contributed by atoms with Crippen molar-refractivity contribution in [1.82, 2.24) is 4.98 Å². The summed E-state index contributed by atoms with van der Waals surface area (Å²) in [5.74, 6) is 0.745. The quantitative estimate of drug-likeness (QED) is 0.671. The van der Waals surface area contributed by atoms with Crippen molar-refractivity contribution in [2.24, 2.45) is 0 Å². The Balaban J connectivity index is 1.52. The van der Waals surface area contributed by atoms with E-state index in [1.54, 1.807) is 24.3 Å². The molecule has 0 unspecified atom stereocenters. The molecule has 10 heteroatoms. The summed E-state index contributed by atoms with van der Waals surface area (Å²) in [5, 5.41) is 3.54. The summed E-state index contributed by atoms with van der Waals surface area (Å²) in [4.78, 5) is 17.0. The maximum absolute atomic E-state index is 12.4. The van der Waals surface area contributed by atoms with Crippen LogP contribution in [-0.4, -0.2) is 38.8 Å². The highest BCUT2D eigenvalue weighted by atomic mass is 35.5. The van der Waals surface area contributed by atoms with E-state index in [-0.39, 0.29) is 17.2 Å². The van der Waals surface area contributed by atoms with Crippen LogP contribution in [0.1, 0.15) is 5.56 Å². The fraction of sp³-hybridized carbons (Fsp3) is 0.222. The molecule has 3 aromatic rings. The van der Waals surface area contributed by atoms with Crippen molar-refractivity contribution in [3.05, 3.63) is 40.9 Å². The number of amides is 1. The third-order valence-electron chi connectivity index (χ3n) is 4.06. The second-order valence-corrected chi connectivity index (χ2v) is 9.70. The Morgan fingerprint density at radius 3 is 2.82 bits per heavy atom. The number of benzene rings is 2. The predicted molar refractivity (Wildman–Crippen MR) is 108 cm³/mol. The second-order valence-electron chi connectivity index (χ2n) is 6.25. The van der Waals surface area contributed by atoms with Crippen LogP contribution in [0.25, 0.3) is 10.2 Å². The molecule has 1 aliphatic rings. The van der Waals surface area contributed by atoms with Gasteiger partial charge in [-0.1, -0.05) is 22.9 Å². The van der Waals surface area contributed by atoms with E-state index in [0.717, 1.165) is 6.26 Å². The lowest BCUT2D eigenvalue weighted by Crippen LogP contribution is -2.17. The van der Waals surface area contributed by atoms with Gasteiger partial charge in [0.05, 0.1) is 26.6 Å². The van der Waals surface area contributed by atoms with Crippen molar-refractivity contribution in [1.29, 1.82) is 0 Å². The molecule has 2 aromatic carbocycles. The molecule has 1 amide bonds. The van der Waals surface area contributed by atoms with Crippen LogP contribution in [0.2, 0.25) is 5.02 Å². The zero-order chi connectivity index (χ0) is 19.9. The third-order valence-corrected chi connectivity index (χ3v) is 6.38. The summed E-state index contributed by atoms with van der Waals surface area (Å²) in [5.41, 5.74) is 1.31. The Morgan fingerprint density at radius 2 is 2.04 bits per heavy atom. The SMILES string of the molecule is CS(=O)(=O)c1ccc2nc(NC(=O)Cc3cc(Cl)c4c(c3)OCCO4)sc2c1. The largest absolute Gasteiger partial charge is 0.486 e. The highest BCUT2D eigenvalue weighted by molar-refractivity contribution is 7.90. The molecule has 1 aliphatic heterocycles. The lowest BCUT2D eigenvalue weighted by atomic mass is 10.1. The average molecular weight is 439 g/mol. The first-order valence-electron chi connectivity index (χ1n) is 8.28. The summed E-state index contributed by atoms with van der Waals surface area (Å²) in [6, 6.07) is 8.08. The number of ether oxygens (including phenoxy) is 2. The Kier molecular flexibility index (Phi) is 4.90. The molecule has 0 saturated carbocycles. The summed E-state index contributed by atoms with van der Waals surface area (Å²) in [6.45, 7) is 0.866. The van der Waals surface area contributed by atoms with E-state index in [1.807, 2.05) is 0 Å². The van der Waals surface area contributed by atoms with Gasteiger partial charge >= 0.3 is 0 Å². The molecule has 7 nitrogen and oxygen atoms in total. The summed E-state index contributed by atoms with van der Waals surface area (Å²) >= 11 is 7.41. The van der Waals surface area contributed by atoms with E-state index in [9.17, 15) is 13.2 Å². The molecule has 146 valence electrons. The molecule has 0 spiro atoms. The molecular formula is C18H15ClN2O5S2. The standard InChI is InChI=1S/C18H15ClN2O5S2/c1-28(23,24)11-2-3-13-15(9-11)27-18(20-13)21-16(22)8-10-6-12(19)17-14(7-10)25-4-5-26-17/h2-3,6-7,9H,4-5,8H2,1H3,(H,20,21,22). The van der Waals surface area contributed by atoms with E-state index < -0.39 is 9.84 Å². The number of hydrogen-bond donors (Lipinski definition) is 1. The monoisotopic (exact) mass is 438 g/mol. The van der Waals surface area contributed by atoms with Gasteiger partial charge in [-0.05, 0) is 35.9 Å². The van der Waals surface area contributed by atoms with Gasteiger partial charge in [-0.25, -0.2) is 13.4 Å². The van der Waals surface area contributed by atoms with Crippen LogP contribution >= 0.6 is 22.9 Å². The second kappa shape index (κ2) is 7.23. The van der Waals surface area contributed by atoms with Gasteiger partial charge in [-0.15, -0.1) is 0 Å². The molecule has 1 aromatic heterocycles. The number of carbonyl (C=O) groups is 1. The number of hydrogen-bond acceptors (Lipinski definition) is 7. The molecule has 28 heavy (non-hydrogen) atoms. The van der Waals surface area contributed by atoms with Crippen LogP contribution in [0.15, 0.2) is 35.2 Å². The van der Waals surface area contributed by atoms with Crippen LogP contribution in [0.3, 0.4) is 0 Å². The topological polar surface area (TPSA) is 94.6 Å². The van der Waals surface area contributed by atoms with E-state index in [1.165, 1.54) is 17.4 Å². The number of fused-ring (bicyclic) bond motifs is 2. The van der Waals surface area contributed by atoms with E-state index >= 15 is 0 Å². The smallest absolute Gasteiger partial charge is 0.230 e. The summed E-state index contributed by atoms with van der Waals surface area (Å²) in [7, 11) is -3.30. The van der Waals surface area contributed by atoms with Gasteiger partial charge in [0.15, 0.2) is 26.5 Å². The molecule has 0 fully saturated rings. The Labute approximate surface area is 170 Å². The minimum Gasteiger partial charge on any atom is -0.486 e. The number of anilines is 1. The van der Waals surface area contributed by atoms with Crippen molar-refractivity contribution in [2.45, 2.75) is 11.3 Å². The van der Waals surface area contributed by atoms with Crippen LogP contribution in [0.4, 0.5) is 5.13 Å². The van der Waals surface area contributed by atoms with Crippen molar-refractivity contribution in [2.75, 3.05) is 24.8 Å². The first kappa shape index (κ1) is 19.0. The Bertz CT molecular complexity index is 1190. The molecular weight excluding hydrogens is 424 g/mol. The fourth-order valence-corrected chi connectivity index (χ4v) is 4.74. The van der Waals surface area contributed by atoms with E-state index in [0.29, 0.717) is 50.6 Å². The molecule has 2 heterocycles. The molecule has 0 bridgehead atoms. The van der Waals surface area contributed by atoms with Crippen LogP contribution in [0.5, 0.6) is 11.5 Å². The first-order chi connectivity index (χ1) is 13.3. The van der Waals surface area contributed by atoms with Crippen molar-refractivity contribution >= 4 is 54.0 Å². The maximum atomic E-state index is 12.4. The van der Waals surface area contributed by atoms with Crippen LogP contribution in [-0.2, 0) is 21.1 Å². The summed E-state index contributed by atoms with van der Waals surface area (Å²) < 4.78 is 35.0. The number of rotatable bonds is 4. The van der Waals surface area contributed by atoms with Gasteiger partial charge in [0.2, 0.25) is 5.91 Å². The average Bonchev–Trinajstić information content (AvgIpc) is 3.02. The highest BCUT2D eigenvalue weighted by Gasteiger charge is 2.18. The Morgan fingerprint density at radius 1 is 1.25 bits per heavy atom. The van der Waals surface area contributed by atoms with Crippen molar-refractivity contribution in [3.8, 4) is 11.5 Å². The first-order valence-corrected chi connectivity index (χ1v) is 11.4. The molecule has 0 aliphatic carbocycles. The number of nitrogens with zero attached hydrogens (tertiary/aromatic N) is 1. The van der Waals surface area contributed by atoms with Crippen LogP contribution in [0, 0.1) is 0 Å². The number of nitrogens with one attached hydrogen (secondary N) is 1. The molecule has 1 N–H and O–H groups in total. The van der Waals surface area contributed by atoms with Gasteiger partial charge in [-0.3, -0.25) is 4.79 Å². The van der Waals surface area contributed by atoms with Crippen molar-refractivity contribution < 1.29 is 22.7 Å². The minimum atomic E-state index is -3.30. The number of thiazole rings is 1. The van der Waals surface area contributed by atoms with Crippen LogP contribution < -0.4 is 14.8 Å². The predicted octanol–water partition coefficient (Wildman–Crippen LogP) is 3.31. The van der Waals surface area contributed by atoms with E-state index in [2.05, 4.69) is 10.3 Å². The molecule has 0 atom stereocenters. The van der Waals surface area contributed by atoms with Gasteiger partial charge < -0.3 is 14.8 Å². The lowest BCUT2D eigenvalue weighted by molar-refractivity contribution is -0.115. The fourth-order valence-electron chi connectivity index (χ4n) is 2.80. The third kappa shape index (κ3) is 3.91. The van der Waals surface area contributed by atoms with E-state index in [4.69, 9.17) is 21.1 Å². The maximum Gasteiger partial charge on any atom is 0.230 e. The van der Waals surface area contributed by atoms with Gasteiger partial charge in [-0.2, -0.15) is 0 Å².